The second-order valence-electron chi connectivity index (χ2n) is 5.64. The molecule has 0 aliphatic carbocycles. The summed E-state index contributed by atoms with van der Waals surface area (Å²) in [6.07, 6.45) is 0. The third-order valence-electron chi connectivity index (χ3n) is 4.07. The smallest absolute Gasteiger partial charge is 0.317 e. The Balaban J connectivity index is 1.83. The fourth-order valence-corrected chi connectivity index (χ4v) is 2.55. The van der Waals surface area contributed by atoms with Crippen molar-refractivity contribution in [3.8, 4) is 0 Å². The minimum atomic E-state index is -0.641. The van der Waals surface area contributed by atoms with E-state index in [-0.39, 0.29) is 18.1 Å². The molecule has 0 bridgehead atoms. The van der Waals surface area contributed by atoms with Gasteiger partial charge in [-0.1, -0.05) is 6.07 Å². The van der Waals surface area contributed by atoms with Crippen LogP contribution >= 0.6 is 0 Å². The van der Waals surface area contributed by atoms with Gasteiger partial charge >= 0.3 is 6.03 Å². The van der Waals surface area contributed by atoms with E-state index in [1.807, 2.05) is 0 Å². The van der Waals surface area contributed by atoms with Gasteiger partial charge in [-0.25, -0.2) is 13.6 Å². The highest BCUT2D eigenvalue weighted by molar-refractivity contribution is 5.74. The fraction of sp³-hybridized carbons (Fsp3) is 0.562. The van der Waals surface area contributed by atoms with Crippen molar-refractivity contribution in [3.63, 3.8) is 0 Å². The normalized spacial score (nSPS) is 15.7. The topological polar surface area (TPSA) is 44.8 Å². The first-order valence-electron chi connectivity index (χ1n) is 7.70. The van der Waals surface area contributed by atoms with Crippen LogP contribution in [0.3, 0.4) is 0 Å². The first-order chi connectivity index (χ1) is 11.0. The molecule has 5 nitrogen and oxygen atoms in total. The van der Waals surface area contributed by atoms with Gasteiger partial charge in [0.15, 0.2) is 0 Å². The van der Waals surface area contributed by atoms with E-state index in [0.717, 1.165) is 19.6 Å². The summed E-state index contributed by atoms with van der Waals surface area (Å²) < 4.78 is 32.6. The van der Waals surface area contributed by atoms with Crippen molar-refractivity contribution in [3.05, 3.63) is 34.9 Å². The lowest BCUT2D eigenvalue weighted by Crippen LogP contribution is -2.52. The number of urea groups is 1. The quantitative estimate of drug-likeness (QED) is 0.896. The van der Waals surface area contributed by atoms with Gasteiger partial charge in [0.2, 0.25) is 0 Å². The number of halogens is 2. The summed E-state index contributed by atoms with van der Waals surface area (Å²) in [7, 11) is 1.66. The molecule has 23 heavy (non-hydrogen) atoms. The Bertz CT molecular complexity index is 546. The minimum Gasteiger partial charge on any atom is -0.383 e. The molecule has 1 aliphatic heterocycles. The van der Waals surface area contributed by atoms with Crippen molar-refractivity contribution in [2.75, 3.05) is 46.4 Å². The summed E-state index contributed by atoms with van der Waals surface area (Å²) in [4.78, 5) is 16.0. The van der Waals surface area contributed by atoms with Crippen LogP contribution in [0, 0.1) is 18.6 Å². The van der Waals surface area contributed by atoms with Gasteiger partial charge in [-0.05, 0) is 18.6 Å². The molecular weight excluding hydrogens is 304 g/mol. The van der Waals surface area contributed by atoms with Crippen molar-refractivity contribution in [1.82, 2.24) is 15.1 Å². The van der Waals surface area contributed by atoms with E-state index in [4.69, 9.17) is 4.74 Å². The maximum absolute atomic E-state index is 13.9. The van der Waals surface area contributed by atoms with E-state index >= 15 is 0 Å². The van der Waals surface area contributed by atoms with Crippen LogP contribution in [-0.2, 0) is 11.3 Å². The molecule has 0 spiro atoms. The molecule has 0 saturated carbocycles. The Labute approximate surface area is 135 Å². The average molecular weight is 327 g/mol. The van der Waals surface area contributed by atoms with Crippen LogP contribution in [0.4, 0.5) is 13.6 Å². The van der Waals surface area contributed by atoms with Gasteiger partial charge in [0.1, 0.15) is 11.6 Å². The lowest BCUT2D eigenvalue weighted by molar-refractivity contribution is 0.106. The lowest BCUT2D eigenvalue weighted by atomic mass is 10.1. The number of rotatable bonds is 5. The van der Waals surface area contributed by atoms with E-state index < -0.39 is 11.6 Å². The number of hydrogen-bond acceptors (Lipinski definition) is 3. The zero-order valence-electron chi connectivity index (χ0n) is 13.6. The number of carbonyl (C=O) groups excluding carboxylic acids is 1. The summed E-state index contributed by atoms with van der Waals surface area (Å²) in [5.74, 6) is -1.24. The summed E-state index contributed by atoms with van der Waals surface area (Å²) >= 11 is 0. The highest BCUT2D eigenvalue weighted by Gasteiger charge is 2.21. The van der Waals surface area contributed by atoms with Crippen LogP contribution < -0.4 is 5.32 Å². The Hall–Kier alpha value is -1.73. The second kappa shape index (κ2) is 8.21. The number of aryl methyl sites for hydroxylation is 1. The van der Waals surface area contributed by atoms with Crippen molar-refractivity contribution in [2.24, 2.45) is 0 Å². The number of methoxy groups -OCH3 is 1. The van der Waals surface area contributed by atoms with Crippen molar-refractivity contribution in [2.45, 2.75) is 13.5 Å². The maximum Gasteiger partial charge on any atom is 0.317 e. The number of piperazine rings is 1. The van der Waals surface area contributed by atoms with E-state index in [1.54, 1.807) is 18.9 Å². The van der Waals surface area contributed by atoms with Gasteiger partial charge in [0.05, 0.1) is 13.2 Å². The van der Waals surface area contributed by atoms with E-state index in [1.165, 1.54) is 12.1 Å². The average Bonchev–Trinajstić information content (AvgIpc) is 2.56. The molecule has 1 fully saturated rings. The Kier molecular flexibility index (Phi) is 6.29. The molecule has 1 aliphatic rings. The molecule has 0 radical (unpaired) electrons. The van der Waals surface area contributed by atoms with Crippen molar-refractivity contribution < 1.29 is 18.3 Å². The molecule has 1 heterocycles. The molecule has 0 atom stereocenters. The summed E-state index contributed by atoms with van der Waals surface area (Å²) in [6.45, 7) is 5.64. The largest absolute Gasteiger partial charge is 0.383 e. The summed E-state index contributed by atoms with van der Waals surface area (Å²) in [5, 5.41) is 2.60. The van der Waals surface area contributed by atoms with E-state index in [0.29, 0.717) is 25.3 Å². The second-order valence-corrected chi connectivity index (χ2v) is 5.64. The van der Waals surface area contributed by atoms with Gasteiger partial charge in [-0.2, -0.15) is 0 Å². The van der Waals surface area contributed by atoms with Crippen LogP contribution in [0.15, 0.2) is 12.1 Å². The minimum absolute atomic E-state index is 0.0999. The molecule has 128 valence electrons. The SMILES string of the molecule is COCCN1CCN(C(=O)NCc2c(F)ccc(C)c2F)CC1. The van der Waals surface area contributed by atoms with Gasteiger partial charge in [-0.15, -0.1) is 0 Å². The predicted molar refractivity (Wildman–Crippen MR) is 83.2 cm³/mol. The number of hydrogen-bond donors (Lipinski definition) is 1. The monoisotopic (exact) mass is 327 g/mol. The number of nitrogens with zero attached hydrogens (tertiary/aromatic N) is 2. The van der Waals surface area contributed by atoms with Crippen LogP contribution in [0.25, 0.3) is 0 Å². The maximum atomic E-state index is 13.9. The van der Waals surface area contributed by atoms with Crippen molar-refractivity contribution in [1.29, 1.82) is 0 Å². The number of carbonyl (C=O) groups is 1. The number of ether oxygens (including phenoxy) is 1. The van der Waals surface area contributed by atoms with Crippen LogP contribution in [0.2, 0.25) is 0 Å². The lowest BCUT2D eigenvalue weighted by Gasteiger charge is -2.34. The highest BCUT2D eigenvalue weighted by atomic mass is 19.1. The molecule has 1 saturated heterocycles. The molecule has 1 N–H and O–H groups in total. The molecule has 2 amide bonds. The molecule has 0 aromatic heterocycles. The standard InChI is InChI=1S/C16H23F2N3O2/c1-12-3-4-14(17)13(15(12)18)11-19-16(22)21-7-5-20(6-8-21)9-10-23-2/h3-4H,5-11H2,1-2H3,(H,19,22). The van der Waals surface area contributed by atoms with Gasteiger partial charge in [0, 0.05) is 45.4 Å². The Morgan fingerprint density at radius 3 is 2.61 bits per heavy atom. The van der Waals surface area contributed by atoms with Crippen LogP contribution in [-0.4, -0.2) is 62.3 Å². The van der Waals surface area contributed by atoms with Gasteiger partial charge < -0.3 is 15.0 Å². The first kappa shape index (κ1) is 17.6. The van der Waals surface area contributed by atoms with Crippen LogP contribution in [0.5, 0.6) is 0 Å². The molecule has 1 aromatic rings. The Morgan fingerprint density at radius 2 is 1.96 bits per heavy atom. The van der Waals surface area contributed by atoms with Crippen molar-refractivity contribution >= 4 is 6.03 Å². The molecule has 7 heteroatoms. The first-order valence-corrected chi connectivity index (χ1v) is 7.70. The summed E-state index contributed by atoms with van der Waals surface area (Å²) in [5.41, 5.74) is 0.263. The highest BCUT2D eigenvalue weighted by Crippen LogP contribution is 2.16. The molecule has 2 rings (SSSR count). The number of benzene rings is 1. The fourth-order valence-electron chi connectivity index (χ4n) is 2.55. The molecule has 1 aromatic carbocycles. The third kappa shape index (κ3) is 4.62. The summed E-state index contributed by atoms with van der Waals surface area (Å²) in [6, 6.07) is 2.31. The van der Waals surface area contributed by atoms with Gasteiger partial charge in [-0.3, -0.25) is 4.90 Å². The predicted octanol–water partition coefficient (Wildman–Crippen LogP) is 1.75. The molecular formula is C16H23F2N3O2. The number of amides is 2. The Morgan fingerprint density at radius 1 is 1.26 bits per heavy atom. The van der Waals surface area contributed by atoms with E-state index in [2.05, 4.69) is 10.2 Å². The number of nitrogens with one attached hydrogen (secondary N) is 1. The van der Waals surface area contributed by atoms with Gasteiger partial charge in [0.25, 0.3) is 0 Å². The zero-order valence-corrected chi connectivity index (χ0v) is 13.6. The van der Waals surface area contributed by atoms with E-state index in [9.17, 15) is 13.6 Å². The van der Waals surface area contributed by atoms with Crippen LogP contribution in [0.1, 0.15) is 11.1 Å². The molecule has 0 unspecified atom stereocenters. The third-order valence-corrected chi connectivity index (χ3v) is 4.07. The zero-order chi connectivity index (χ0) is 16.8.